The minimum atomic E-state index is -5.20. The van der Waals surface area contributed by atoms with E-state index in [-0.39, 0.29) is 31.2 Å². The molecule has 31 heavy (non-hydrogen) atoms. The molecule has 10 heteroatoms. The van der Waals surface area contributed by atoms with Crippen molar-refractivity contribution < 1.29 is 32.6 Å². The summed E-state index contributed by atoms with van der Waals surface area (Å²) >= 11 is 0. The Morgan fingerprint density at radius 3 is 2.39 bits per heavy atom. The highest BCUT2D eigenvalue weighted by Gasteiger charge is 2.67. The molecule has 2 aromatic carbocycles. The molecular formula is C21H20F3N3O4. The van der Waals surface area contributed by atoms with Crippen molar-refractivity contribution >= 4 is 17.8 Å². The molecule has 2 N–H and O–H groups in total. The first-order valence-electron chi connectivity index (χ1n) is 9.44. The molecule has 0 fully saturated rings. The number of nitrogens with zero attached hydrogens (tertiary/aromatic N) is 2. The topological polar surface area (TPSA) is 91.2 Å². The largest absolute Gasteiger partial charge is 0.508 e. The van der Waals surface area contributed by atoms with E-state index >= 15 is 0 Å². The minimum absolute atomic E-state index is 0.0438. The summed E-state index contributed by atoms with van der Waals surface area (Å²) in [7, 11) is 0. The number of benzene rings is 2. The SMILES string of the molecule is CCOC(=O)NC1(C(F)(F)F)N=C(c2ccccc2)N(CCc2ccc(O)cc2)C1=O. The van der Waals surface area contributed by atoms with Gasteiger partial charge in [-0.3, -0.25) is 15.0 Å². The number of carbonyl (C=O) groups excluding carboxylic acids is 2. The Labute approximate surface area is 176 Å². The smallest absolute Gasteiger partial charge is 0.442 e. The molecule has 1 aliphatic rings. The first-order valence-corrected chi connectivity index (χ1v) is 9.44. The van der Waals surface area contributed by atoms with E-state index in [9.17, 15) is 27.9 Å². The van der Waals surface area contributed by atoms with E-state index in [1.54, 1.807) is 35.6 Å². The summed E-state index contributed by atoms with van der Waals surface area (Å²) in [4.78, 5) is 29.5. The van der Waals surface area contributed by atoms with Gasteiger partial charge < -0.3 is 9.84 Å². The van der Waals surface area contributed by atoms with Gasteiger partial charge in [-0.15, -0.1) is 0 Å². The summed E-state index contributed by atoms with van der Waals surface area (Å²) in [5, 5.41) is 11.0. The zero-order valence-corrected chi connectivity index (χ0v) is 16.5. The first kappa shape index (κ1) is 22.1. The molecule has 0 bridgehead atoms. The number of alkyl carbamates (subject to hydrolysis) is 1. The van der Waals surface area contributed by atoms with Crippen LogP contribution in [-0.2, 0) is 16.0 Å². The van der Waals surface area contributed by atoms with Gasteiger partial charge in [-0.2, -0.15) is 13.2 Å². The highest BCUT2D eigenvalue weighted by molar-refractivity contribution is 6.16. The molecular weight excluding hydrogens is 415 g/mol. The van der Waals surface area contributed by atoms with Gasteiger partial charge in [0.1, 0.15) is 11.6 Å². The van der Waals surface area contributed by atoms with Crippen LogP contribution >= 0.6 is 0 Å². The van der Waals surface area contributed by atoms with Crippen molar-refractivity contribution in [1.29, 1.82) is 0 Å². The van der Waals surface area contributed by atoms with E-state index in [4.69, 9.17) is 0 Å². The molecule has 2 aromatic rings. The van der Waals surface area contributed by atoms with E-state index in [2.05, 4.69) is 9.73 Å². The van der Waals surface area contributed by atoms with Gasteiger partial charge in [-0.25, -0.2) is 9.79 Å². The van der Waals surface area contributed by atoms with E-state index in [0.717, 1.165) is 4.90 Å². The van der Waals surface area contributed by atoms with Crippen LogP contribution in [-0.4, -0.2) is 52.8 Å². The number of phenols is 1. The summed E-state index contributed by atoms with van der Waals surface area (Å²) in [5.74, 6) is -1.59. The fourth-order valence-corrected chi connectivity index (χ4v) is 3.13. The third kappa shape index (κ3) is 4.47. The lowest BCUT2D eigenvalue weighted by molar-refractivity contribution is -0.196. The number of alkyl halides is 3. The number of aliphatic imine (C=N–C) groups is 1. The molecule has 1 unspecified atom stereocenters. The molecule has 1 aliphatic heterocycles. The van der Waals surface area contributed by atoms with Crippen LogP contribution in [0.5, 0.6) is 5.75 Å². The molecule has 0 aromatic heterocycles. The van der Waals surface area contributed by atoms with Crippen molar-refractivity contribution in [3.05, 3.63) is 65.7 Å². The third-order valence-electron chi connectivity index (χ3n) is 4.64. The maximum absolute atomic E-state index is 14.1. The Hall–Kier alpha value is -3.56. The Morgan fingerprint density at radius 2 is 1.81 bits per heavy atom. The lowest BCUT2D eigenvalue weighted by Crippen LogP contribution is -2.63. The van der Waals surface area contributed by atoms with Crippen LogP contribution in [0.3, 0.4) is 0 Å². The number of ether oxygens (including phenoxy) is 1. The van der Waals surface area contributed by atoms with Crippen LogP contribution in [0.25, 0.3) is 0 Å². The lowest BCUT2D eigenvalue weighted by atomic mass is 10.1. The molecule has 7 nitrogen and oxygen atoms in total. The van der Waals surface area contributed by atoms with Gasteiger partial charge in [0.2, 0.25) is 0 Å². The average Bonchev–Trinajstić information content (AvgIpc) is 3.01. The van der Waals surface area contributed by atoms with Crippen molar-refractivity contribution in [3.8, 4) is 5.75 Å². The monoisotopic (exact) mass is 435 g/mol. The van der Waals surface area contributed by atoms with E-state index < -0.39 is 23.8 Å². The number of phenolic OH excluding ortho intramolecular Hbond substituents is 1. The molecule has 0 saturated carbocycles. The molecule has 0 radical (unpaired) electrons. The predicted octanol–water partition coefficient (Wildman–Crippen LogP) is 3.23. The Kier molecular flexibility index (Phi) is 6.19. The lowest BCUT2D eigenvalue weighted by Gasteiger charge is -2.28. The second-order valence-electron chi connectivity index (χ2n) is 6.73. The van der Waals surface area contributed by atoms with E-state index in [1.165, 1.54) is 31.2 Å². The van der Waals surface area contributed by atoms with Crippen LogP contribution in [0, 0.1) is 0 Å². The van der Waals surface area contributed by atoms with Gasteiger partial charge in [0.25, 0.3) is 5.91 Å². The fourth-order valence-electron chi connectivity index (χ4n) is 3.13. The molecule has 1 heterocycles. The number of halogens is 3. The van der Waals surface area contributed by atoms with Crippen LogP contribution in [0.15, 0.2) is 59.6 Å². The highest BCUT2D eigenvalue weighted by Crippen LogP contribution is 2.38. The predicted molar refractivity (Wildman–Crippen MR) is 105 cm³/mol. The highest BCUT2D eigenvalue weighted by atomic mass is 19.4. The number of amides is 2. The number of rotatable bonds is 6. The van der Waals surface area contributed by atoms with Gasteiger partial charge in [-0.05, 0) is 31.0 Å². The van der Waals surface area contributed by atoms with E-state index in [0.29, 0.717) is 11.1 Å². The maximum Gasteiger partial charge on any atom is 0.442 e. The minimum Gasteiger partial charge on any atom is -0.508 e. The third-order valence-corrected chi connectivity index (χ3v) is 4.64. The van der Waals surface area contributed by atoms with Crippen LogP contribution in [0.2, 0.25) is 0 Å². The molecule has 2 amide bonds. The number of carbonyl (C=O) groups is 2. The second-order valence-corrected chi connectivity index (χ2v) is 6.73. The zero-order chi connectivity index (χ0) is 22.6. The van der Waals surface area contributed by atoms with Gasteiger partial charge in [0.05, 0.1) is 6.61 Å². The number of aromatic hydroxyl groups is 1. The quantitative estimate of drug-likeness (QED) is 0.729. The van der Waals surface area contributed by atoms with Gasteiger partial charge >= 0.3 is 17.9 Å². The maximum atomic E-state index is 14.1. The molecule has 1 atom stereocenters. The fraction of sp³-hybridized carbons (Fsp3) is 0.286. The molecule has 0 saturated heterocycles. The Morgan fingerprint density at radius 1 is 1.16 bits per heavy atom. The summed E-state index contributed by atoms with van der Waals surface area (Å²) < 4.78 is 46.8. The summed E-state index contributed by atoms with van der Waals surface area (Å²) in [5.41, 5.74) is -2.50. The summed E-state index contributed by atoms with van der Waals surface area (Å²) in [6.07, 6.45) is -6.40. The Bertz CT molecular complexity index is 978. The average molecular weight is 435 g/mol. The second kappa shape index (κ2) is 8.66. The molecule has 164 valence electrons. The molecule has 0 aliphatic carbocycles. The van der Waals surface area contributed by atoms with Gasteiger partial charge in [0.15, 0.2) is 0 Å². The van der Waals surface area contributed by atoms with Crippen LogP contribution < -0.4 is 5.32 Å². The Balaban J connectivity index is 2.00. The van der Waals surface area contributed by atoms with Crippen molar-refractivity contribution in [2.45, 2.75) is 25.2 Å². The summed E-state index contributed by atoms with van der Waals surface area (Å²) in [6.45, 7) is 1.13. The van der Waals surface area contributed by atoms with E-state index in [1.807, 2.05) is 0 Å². The standard InChI is InChI=1S/C21H20F3N3O4/c1-2-31-19(30)26-20(21(22,23)24)18(29)27(13-12-14-8-10-16(28)11-9-14)17(25-20)15-6-4-3-5-7-15/h3-11,28H,2,12-13H2,1H3,(H,26,30). The van der Waals surface area contributed by atoms with Gasteiger partial charge in [-0.1, -0.05) is 42.5 Å². The number of hydrogen-bond acceptors (Lipinski definition) is 5. The molecule has 0 spiro atoms. The zero-order valence-electron chi connectivity index (χ0n) is 16.5. The summed E-state index contributed by atoms with van der Waals surface area (Å²) in [6, 6.07) is 14.0. The molecule has 3 rings (SSSR count). The number of amidine groups is 1. The van der Waals surface area contributed by atoms with Crippen molar-refractivity contribution in [2.75, 3.05) is 13.2 Å². The first-order chi connectivity index (χ1) is 14.7. The van der Waals surface area contributed by atoms with Gasteiger partial charge in [0, 0.05) is 12.1 Å². The van der Waals surface area contributed by atoms with Crippen molar-refractivity contribution in [2.24, 2.45) is 4.99 Å². The van der Waals surface area contributed by atoms with Crippen molar-refractivity contribution in [3.63, 3.8) is 0 Å². The van der Waals surface area contributed by atoms with Crippen LogP contribution in [0.4, 0.5) is 18.0 Å². The number of hydrogen-bond donors (Lipinski definition) is 2. The normalized spacial score (nSPS) is 18.6. The van der Waals surface area contributed by atoms with Crippen LogP contribution in [0.1, 0.15) is 18.1 Å². The number of nitrogens with one attached hydrogen (secondary N) is 1. The van der Waals surface area contributed by atoms with Crippen molar-refractivity contribution in [1.82, 2.24) is 10.2 Å².